The monoisotopic (exact) mass is 372 g/mol. The molecule has 2 fully saturated rings. The van der Waals surface area contributed by atoms with Crippen molar-refractivity contribution in [1.29, 1.82) is 0 Å². The van der Waals surface area contributed by atoms with E-state index in [1.54, 1.807) is 36.4 Å². The van der Waals surface area contributed by atoms with Gasteiger partial charge in [-0.3, -0.25) is 4.79 Å². The smallest absolute Gasteiger partial charge is 0.289 e. The van der Waals surface area contributed by atoms with Crippen LogP contribution >= 0.6 is 0 Å². The molecule has 2 aromatic rings. The minimum atomic E-state index is -0.466. The van der Waals surface area contributed by atoms with Crippen molar-refractivity contribution in [2.45, 2.75) is 25.4 Å². The van der Waals surface area contributed by atoms with Gasteiger partial charge in [0.15, 0.2) is 5.76 Å². The van der Waals surface area contributed by atoms with Crippen molar-refractivity contribution in [2.24, 2.45) is 5.41 Å². The zero-order valence-electron chi connectivity index (χ0n) is 15.4. The van der Waals surface area contributed by atoms with Crippen LogP contribution in [0.4, 0.5) is 5.95 Å². The standard InChI is InChI=1S/C19H24N4O4/c1-26-16-5-8-20-18(21-16)23-10-6-15(24)19(13-23)7-3-9-22(12-19)17(25)14-4-2-11-27-14/h2,4-5,8,11,15,24H,3,6-7,9-10,12-13H2,1H3/t15-,19+/m0/s1. The number of ether oxygens (including phenoxy) is 1. The summed E-state index contributed by atoms with van der Waals surface area (Å²) >= 11 is 0. The molecule has 8 heteroatoms. The van der Waals surface area contributed by atoms with Gasteiger partial charge in [0.05, 0.1) is 19.5 Å². The van der Waals surface area contributed by atoms with E-state index in [4.69, 9.17) is 9.15 Å². The number of aromatic nitrogens is 2. The van der Waals surface area contributed by atoms with E-state index in [-0.39, 0.29) is 5.91 Å². The number of likely N-dealkylation sites (tertiary alicyclic amines) is 1. The Kier molecular flexibility index (Phi) is 4.73. The maximum Gasteiger partial charge on any atom is 0.289 e. The van der Waals surface area contributed by atoms with Crippen LogP contribution in [-0.4, -0.2) is 65.3 Å². The van der Waals surface area contributed by atoms with Crippen LogP contribution in [0, 0.1) is 5.41 Å². The minimum Gasteiger partial charge on any atom is -0.481 e. The predicted octanol–water partition coefficient (Wildman–Crippen LogP) is 1.57. The summed E-state index contributed by atoms with van der Waals surface area (Å²) in [5.74, 6) is 1.32. The number of amides is 1. The maximum atomic E-state index is 12.7. The lowest BCUT2D eigenvalue weighted by molar-refractivity contribution is -0.0369. The first-order chi connectivity index (χ1) is 13.1. The van der Waals surface area contributed by atoms with Crippen molar-refractivity contribution in [3.63, 3.8) is 0 Å². The van der Waals surface area contributed by atoms with E-state index >= 15 is 0 Å². The molecule has 2 saturated heterocycles. The van der Waals surface area contributed by atoms with Gasteiger partial charge in [0.2, 0.25) is 11.8 Å². The fourth-order valence-corrected chi connectivity index (χ4v) is 4.21. The summed E-state index contributed by atoms with van der Waals surface area (Å²) in [6, 6.07) is 5.10. The molecule has 1 amide bonds. The van der Waals surface area contributed by atoms with Gasteiger partial charge >= 0.3 is 0 Å². The minimum absolute atomic E-state index is 0.124. The van der Waals surface area contributed by atoms with E-state index in [1.165, 1.54) is 6.26 Å². The Morgan fingerprint density at radius 3 is 3.04 bits per heavy atom. The largest absolute Gasteiger partial charge is 0.481 e. The number of nitrogens with zero attached hydrogens (tertiary/aromatic N) is 4. The summed E-state index contributed by atoms with van der Waals surface area (Å²) < 4.78 is 10.5. The molecule has 0 saturated carbocycles. The van der Waals surface area contributed by atoms with Crippen LogP contribution in [0.5, 0.6) is 5.88 Å². The summed E-state index contributed by atoms with van der Waals surface area (Å²) in [5.41, 5.74) is -0.398. The zero-order valence-corrected chi connectivity index (χ0v) is 15.4. The number of anilines is 1. The molecule has 27 heavy (non-hydrogen) atoms. The summed E-state index contributed by atoms with van der Waals surface area (Å²) in [4.78, 5) is 25.4. The third-order valence-corrected chi connectivity index (χ3v) is 5.62. The average Bonchev–Trinajstić information content (AvgIpc) is 3.25. The Balaban J connectivity index is 1.55. The number of carbonyl (C=O) groups excluding carboxylic acids is 1. The molecular formula is C19H24N4O4. The van der Waals surface area contributed by atoms with E-state index in [2.05, 4.69) is 14.9 Å². The highest BCUT2D eigenvalue weighted by Gasteiger charge is 2.47. The molecular weight excluding hydrogens is 348 g/mol. The topological polar surface area (TPSA) is 91.9 Å². The Morgan fingerprint density at radius 1 is 1.37 bits per heavy atom. The van der Waals surface area contributed by atoms with Crippen LogP contribution in [0.3, 0.4) is 0 Å². The van der Waals surface area contributed by atoms with E-state index in [9.17, 15) is 9.90 Å². The van der Waals surface area contributed by atoms with Gasteiger partial charge < -0.3 is 24.1 Å². The number of rotatable bonds is 3. The van der Waals surface area contributed by atoms with Crippen LogP contribution < -0.4 is 9.64 Å². The fraction of sp³-hybridized carbons (Fsp3) is 0.526. The normalized spacial score (nSPS) is 25.6. The van der Waals surface area contributed by atoms with Crippen molar-refractivity contribution >= 4 is 11.9 Å². The Bertz CT molecular complexity index is 797. The third kappa shape index (κ3) is 3.37. The zero-order chi connectivity index (χ0) is 18.9. The summed E-state index contributed by atoms with van der Waals surface area (Å²) in [7, 11) is 1.58. The third-order valence-electron chi connectivity index (χ3n) is 5.62. The molecule has 1 spiro atoms. The SMILES string of the molecule is COc1ccnc(N2CC[C@H](O)[C@@]3(CCCN(C(=O)c4ccco4)C3)C2)n1. The van der Waals surface area contributed by atoms with Crippen LogP contribution in [0.25, 0.3) is 0 Å². The van der Waals surface area contributed by atoms with E-state index in [1.807, 2.05) is 0 Å². The van der Waals surface area contributed by atoms with Gasteiger partial charge in [0.1, 0.15) is 0 Å². The van der Waals surface area contributed by atoms with E-state index in [0.717, 1.165) is 12.8 Å². The summed E-state index contributed by atoms with van der Waals surface area (Å²) in [5, 5.41) is 10.8. The van der Waals surface area contributed by atoms with Gasteiger partial charge in [-0.2, -0.15) is 4.98 Å². The van der Waals surface area contributed by atoms with Gasteiger partial charge in [-0.25, -0.2) is 4.98 Å². The average molecular weight is 372 g/mol. The number of aliphatic hydroxyl groups is 1. The molecule has 0 unspecified atom stereocenters. The lowest BCUT2D eigenvalue weighted by Crippen LogP contribution is -2.60. The number of methoxy groups -OCH3 is 1. The number of furan rings is 1. The van der Waals surface area contributed by atoms with Gasteiger partial charge in [0, 0.05) is 43.9 Å². The molecule has 8 nitrogen and oxygen atoms in total. The van der Waals surface area contributed by atoms with E-state index < -0.39 is 11.5 Å². The molecule has 0 bridgehead atoms. The van der Waals surface area contributed by atoms with Crippen molar-refractivity contribution in [1.82, 2.24) is 14.9 Å². The molecule has 144 valence electrons. The Labute approximate surface area is 157 Å². The Hall–Kier alpha value is -2.61. The lowest BCUT2D eigenvalue weighted by atomic mass is 9.71. The molecule has 4 rings (SSSR count). The molecule has 2 aliphatic heterocycles. The van der Waals surface area contributed by atoms with Gasteiger partial charge in [-0.1, -0.05) is 0 Å². The number of carbonyl (C=O) groups is 1. The highest BCUT2D eigenvalue weighted by atomic mass is 16.5. The van der Waals surface area contributed by atoms with Gasteiger partial charge in [0.25, 0.3) is 5.91 Å². The molecule has 1 N–H and O–H groups in total. The first-order valence-electron chi connectivity index (χ1n) is 9.24. The second kappa shape index (κ2) is 7.19. The second-order valence-corrected chi connectivity index (χ2v) is 7.29. The van der Waals surface area contributed by atoms with Crippen molar-refractivity contribution in [3.05, 3.63) is 36.4 Å². The van der Waals surface area contributed by atoms with E-state index in [0.29, 0.717) is 50.2 Å². The van der Waals surface area contributed by atoms with Crippen LogP contribution in [0.2, 0.25) is 0 Å². The second-order valence-electron chi connectivity index (χ2n) is 7.29. The van der Waals surface area contributed by atoms with Crippen LogP contribution in [0.15, 0.2) is 35.1 Å². The number of aliphatic hydroxyl groups excluding tert-OH is 1. The Morgan fingerprint density at radius 2 is 2.26 bits per heavy atom. The number of piperidine rings is 2. The number of hydrogen-bond donors (Lipinski definition) is 1. The molecule has 0 radical (unpaired) electrons. The first-order valence-corrected chi connectivity index (χ1v) is 9.24. The highest BCUT2D eigenvalue weighted by molar-refractivity contribution is 5.91. The molecule has 2 aromatic heterocycles. The van der Waals surface area contributed by atoms with Gasteiger partial charge in [-0.05, 0) is 31.4 Å². The molecule has 0 aromatic carbocycles. The van der Waals surface area contributed by atoms with Gasteiger partial charge in [-0.15, -0.1) is 0 Å². The highest BCUT2D eigenvalue weighted by Crippen LogP contribution is 2.40. The number of hydrogen-bond acceptors (Lipinski definition) is 7. The summed E-state index contributed by atoms with van der Waals surface area (Å²) in [6.07, 6.45) is 5.03. The van der Waals surface area contributed by atoms with Crippen LogP contribution in [-0.2, 0) is 0 Å². The molecule has 2 aliphatic rings. The van der Waals surface area contributed by atoms with Crippen molar-refractivity contribution < 1.29 is 19.1 Å². The van der Waals surface area contributed by atoms with Crippen LogP contribution in [0.1, 0.15) is 29.8 Å². The lowest BCUT2D eigenvalue weighted by Gasteiger charge is -2.50. The molecule has 4 heterocycles. The fourth-order valence-electron chi connectivity index (χ4n) is 4.21. The predicted molar refractivity (Wildman–Crippen MR) is 97.7 cm³/mol. The molecule has 2 atom stereocenters. The van der Waals surface area contributed by atoms with Crippen molar-refractivity contribution in [2.75, 3.05) is 38.2 Å². The quantitative estimate of drug-likeness (QED) is 0.874. The maximum absolute atomic E-state index is 12.7. The van der Waals surface area contributed by atoms with Crippen molar-refractivity contribution in [3.8, 4) is 5.88 Å². The first kappa shape index (κ1) is 17.8. The molecule has 0 aliphatic carbocycles. The summed E-state index contributed by atoms with van der Waals surface area (Å²) in [6.45, 7) is 2.43.